The average molecular weight is 283 g/mol. The lowest BCUT2D eigenvalue weighted by Crippen LogP contribution is -2.20. The molecule has 0 amide bonds. The van der Waals surface area contributed by atoms with Crippen molar-refractivity contribution in [2.75, 3.05) is 6.61 Å². The third kappa shape index (κ3) is 4.90. The topological polar surface area (TPSA) is 76.5 Å². The van der Waals surface area contributed by atoms with Gasteiger partial charge < -0.3 is 9.84 Å². The fourth-order valence-corrected chi connectivity index (χ4v) is 2.51. The predicted molar refractivity (Wildman–Crippen MR) is 72.4 cm³/mol. The van der Waals surface area contributed by atoms with Crippen LogP contribution in [0.5, 0.6) is 0 Å². The van der Waals surface area contributed by atoms with Gasteiger partial charge in [0.25, 0.3) is 0 Å². The van der Waals surface area contributed by atoms with Crippen LogP contribution >= 0.6 is 11.8 Å². The lowest BCUT2D eigenvalue weighted by molar-refractivity contribution is -0.142. The third-order valence-electron chi connectivity index (χ3n) is 2.35. The Morgan fingerprint density at radius 3 is 2.63 bits per heavy atom. The van der Waals surface area contributed by atoms with Crippen molar-refractivity contribution in [3.8, 4) is 0 Å². The number of hydrogen-bond acceptors (Lipinski definition) is 5. The van der Waals surface area contributed by atoms with Crippen molar-refractivity contribution in [2.45, 2.75) is 37.0 Å². The summed E-state index contributed by atoms with van der Waals surface area (Å²) in [5, 5.41) is 9.10. The number of carboxylic acids is 1. The molecule has 0 fully saturated rings. The largest absolute Gasteiger partial charge is 0.478 e. The highest BCUT2D eigenvalue weighted by Crippen LogP contribution is 2.25. The molecule has 1 aromatic heterocycles. The second-order valence-electron chi connectivity index (χ2n) is 3.84. The SMILES string of the molecule is CCCC(Sc1ccc(C(=O)O)cn1)C(=O)OCC. The molecule has 1 rings (SSSR count). The van der Waals surface area contributed by atoms with Crippen LogP contribution in [0.1, 0.15) is 37.0 Å². The first kappa shape index (κ1) is 15.5. The Balaban J connectivity index is 2.73. The molecule has 0 aliphatic heterocycles. The Kier molecular flexibility index (Phi) is 6.35. The number of rotatable bonds is 7. The molecule has 0 radical (unpaired) electrons. The van der Waals surface area contributed by atoms with E-state index < -0.39 is 5.97 Å². The van der Waals surface area contributed by atoms with E-state index >= 15 is 0 Å². The van der Waals surface area contributed by atoms with Crippen LogP contribution in [0.25, 0.3) is 0 Å². The number of nitrogens with zero attached hydrogens (tertiary/aromatic N) is 1. The summed E-state index contributed by atoms with van der Waals surface area (Å²) in [7, 11) is 0. The molecule has 6 heteroatoms. The number of carboxylic acid groups (broad SMARTS) is 1. The Morgan fingerprint density at radius 2 is 2.16 bits per heavy atom. The first-order valence-corrected chi connectivity index (χ1v) is 6.99. The summed E-state index contributed by atoms with van der Waals surface area (Å²) in [6.45, 7) is 4.12. The molecule has 1 aromatic rings. The molecule has 1 heterocycles. The van der Waals surface area contributed by atoms with Crippen molar-refractivity contribution in [3.63, 3.8) is 0 Å². The number of hydrogen-bond donors (Lipinski definition) is 1. The molecule has 0 aromatic carbocycles. The lowest BCUT2D eigenvalue weighted by Gasteiger charge is -2.13. The summed E-state index contributed by atoms with van der Waals surface area (Å²) in [5.41, 5.74) is 0.132. The Morgan fingerprint density at radius 1 is 1.42 bits per heavy atom. The van der Waals surface area contributed by atoms with E-state index in [-0.39, 0.29) is 16.8 Å². The molecule has 0 spiro atoms. The highest BCUT2D eigenvalue weighted by molar-refractivity contribution is 8.00. The number of esters is 1. The van der Waals surface area contributed by atoms with Crippen molar-refractivity contribution >= 4 is 23.7 Å². The summed E-state index contributed by atoms with van der Waals surface area (Å²) in [4.78, 5) is 26.5. The number of carbonyl (C=O) groups excluding carboxylic acids is 1. The predicted octanol–water partition coefficient (Wildman–Crippen LogP) is 2.60. The molecule has 1 N–H and O–H groups in total. The van der Waals surface area contributed by atoms with E-state index in [1.54, 1.807) is 13.0 Å². The number of aromatic nitrogens is 1. The maximum absolute atomic E-state index is 11.7. The van der Waals surface area contributed by atoms with Crippen molar-refractivity contribution in [3.05, 3.63) is 23.9 Å². The zero-order chi connectivity index (χ0) is 14.3. The molecule has 1 atom stereocenters. The second-order valence-corrected chi connectivity index (χ2v) is 5.06. The van der Waals surface area contributed by atoms with E-state index in [0.29, 0.717) is 18.1 Å². The van der Waals surface area contributed by atoms with Crippen molar-refractivity contribution < 1.29 is 19.4 Å². The van der Waals surface area contributed by atoms with E-state index in [2.05, 4.69) is 4.98 Å². The van der Waals surface area contributed by atoms with Gasteiger partial charge in [-0.05, 0) is 25.5 Å². The van der Waals surface area contributed by atoms with E-state index in [4.69, 9.17) is 9.84 Å². The normalized spacial score (nSPS) is 11.9. The van der Waals surface area contributed by atoms with Gasteiger partial charge in [0.2, 0.25) is 0 Å². The van der Waals surface area contributed by atoms with Crippen molar-refractivity contribution in [1.29, 1.82) is 0 Å². The summed E-state index contributed by atoms with van der Waals surface area (Å²) >= 11 is 1.30. The number of thioether (sulfide) groups is 1. The average Bonchev–Trinajstić information content (AvgIpc) is 2.39. The van der Waals surface area contributed by atoms with Crippen molar-refractivity contribution in [2.24, 2.45) is 0 Å². The molecule has 1 unspecified atom stereocenters. The Hall–Kier alpha value is -1.56. The maximum atomic E-state index is 11.7. The van der Waals surface area contributed by atoms with Gasteiger partial charge in [0.15, 0.2) is 0 Å². The van der Waals surface area contributed by atoms with Crippen LogP contribution in [-0.4, -0.2) is 33.9 Å². The molecular weight excluding hydrogens is 266 g/mol. The lowest BCUT2D eigenvalue weighted by atomic mass is 10.2. The Bertz CT molecular complexity index is 433. The van der Waals surface area contributed by atoms with Crippen LogP contribution in [0.2, 0.25) is 0 Å². The second kappa shape index (κ2) is 7.78. The minimum absolute atomic E-state index is 0.132. The number of pyridine rings is 1. The minimum atomic E-state index is -1.01. The smallest absolute Gasteiger partial charge is 0.337 e. The molecule has 0 saturated carbocycles. The molecule has 5 nitrogen and oxygen atoms in total. The van der Waals surface area contributed by atoms with Gasteiger partial charge in [0, 0.05) is 6.20 Å². The first-order chi connectivity index (χ1) is 9.08. The fourth-order valence-electron chi connectivity index (χ4n) is 1.44. The summed E-state index contributed by atoms with van der Waals surface area (Å²) in [6, 6.07) is 3.09. The van der Waals surface area contributed by atoms with Gasteiger partial charge in [-0.15, -0.1) is 0 Å². The van der Waals surface area contributed by atoms with Gasteiger partial charge in [-0.1, -0.05) is 25.1 Å². The molecular formula is C13H17NO4S. The molecule has 19 heavy (non-hydrogen) atoms. The van der Waals surface area contributed by atoms with Gasteiger partial charge in [-0.3, -0.25) is 4.79 Å². The van der Waals surface area contributed by atoms with Crippen LogP contribution in [0.4, 0.5) is 0 Å². The van der Waals surface area contributed by atoms with E-state index in [9.17, 15) is 9.59 Å². The van der Waals surface area contributed by atoms with E-state index in [1.807, 2.05) is 6.92 Å². The maximum Gasteiger partial charge on any atom is 0.337 e. The molecule has 0 aliphatic rings. The quantitative estimate of drug-likeness (QED) is 0.612. The monoisotopic (exact) mass is 283 g/mol. The summed E-state index contributed by atoms with van der Waals surface area (Å²) in [5.74, 6) is -1.27. The number of aromatic carboxylic acids is 1. The zero-order valence-electron chi connectivity index (χ0n) is 11.0. The highest BCUT2D eigenvalue weighted by Gasteiger charge is 2.20. The minimum Gasteiger partial charge on any atom is -0.478 e. The summed E-state index contributed by atoms with van der Waals surface area (Å²) < 4.78 is 5.01. The molecule has 0 saturated heterocycles. The van der Waals surface area contributed by atoms with Crippen molar-refractivity contribution in [1.82, 2.24) is 4.98 Å². The van der Waals surface area contributed by atoms with Gasteiger partial charge >= 0.3 is 11.9 Å². The Labute approximate surface area is 116 Å². The van der Waals surface area contributed by atoms with Crippen LogP contribution in [0.3, 0.4) is 0 Å². The zero-order valence-corrected chi connectivity index (χ0v) is 11.8. The fraction of sp³-hybridized carbons (Fsp3) is 0.462. The van der Waals surface area contributed by atoms with E-state index in [1.165, 1.54) is 24.0 Å². The van der Waals surface area contributed by atoms with Crippen LogP contribution in [0.15, 0.2) is 23.4 Å². The highest BCUT2D eigenvalue weighted by atomic mass is 32.2. The standard InChI is InChI=1S/C13H17NO4S/c1-3-5-10(13(17)18-4-2)19-11-7-6-9(8-14-11)12(15)16/h6-8,10H,3-5H2,1-2H3,(H,15,16). The van der Waals surface area contributed by atoms with E-state index in [0.717, 1.165) is 6.42 Å². The van der Waals surface area contributed by atoms with Gasteiger partial charge in [-0.2, -0.15) is 0 Å². The summed E-state index contributed by atoms with van der Waals surface area (Å²) in [6.07, 6.45) is 2.86. The first-order valence-electron chi connectivity index (χ1n) is 6.11. The number of carbonyl (C=O) groups is 2. The molecule has 104 valence electrons. The van der Waals surface area contributed by atoms with Crippen LogP contribution < -0.4 is 0 Å². The van der Waals surface area contributed by atoms with Gasteiger partial charge in [-0.25, -0.2) is 9.78 Å². The molecule has 0 aliphatic carbocycles. The number of ether oxygens (including phenoxy) is 1. The van der Waals surface area contributed by atoms with Gasteiger partial charge in [0.1, 0.15) is 5.25 Å². The molecule has 0 bridgehead atoms. The van der Waals surface area contributed by atoms with Crippen LogP contribution in [-0.2, 0) is 9.53 Å². The van der Waals surface area contributed by atoms with Crippen LogP contribution in [0, 0.1) is 0 Å². The van der Waals surface area contributed by atoms with Gasteiger partial charge in [0.05, 0.1) is 17.2 Å². The third-order valence-corrected chi connectivity index (χ3v) is 3.54.